The molecule has 3 nitrogen and oxygen atoms in total. The predicted octanol–water partition coefficient (Wildman–Crippen LogP) is 3.57. The summed E-state index contributed by atoms with van der Waals surface area (Å²) in [6, 6.07) is 12.9. The first kappa shape index (κ1) is 14.8. The Bertz CT molecular complexity index is 809. The fourth-order valence-electron chi connectivity index (χ4n) is 2.45. The average molecular weight is 317 g/mol. The van der Waals surface area contributed by atoms with Crippen LogP contribution < -0.4 is 0 Å². The summed E-state index contributed by atoms with van der Waals surface area (Å²) in [4.78, 5) is 0.287. The molecule has 1 aliphatic rings. The molecule has 22 heavy (non-hydrogen) atoms. The summed E-state index contributed by atoms with van der Waals surface area (Å²) < 4.78 is 39.5. The Balaban J connectivity index is 1.90. The van der Waals surface area contributed by atoms with E-state index < -0.39 is 10.0 Å². The van der Waals surface area contributed by atoms with Crippen LogP contribution in [0.3, 0.4) is 0 Å². The highest BCUT2D eigenvalue weighted by molar-refractivity contribution is 7.89. The van der Waals surface area contributed by atoms with Gasteiger partial charge in [0.25, 0.3) is 10.0 Å². The lowest BCUT2D eigenvalue weighted by molar-refractivity contribution is 0.517. The van der Waals surface area contributed by atoms with E-state index in [0.717, 1.165) is 16.7 Å². The topological polar surface area (TPSA) is 37.4 Å². The van der Waals surface area contributed by atoms with Crippen molar-refractivity contribution in [3.63, 3.8) is 0 Å². The maximum Gasteiger partial charge on any atom is 0.263 e. The lowest BCUT2D eigenvalue weighted by Gasteiger charge is -2.15. The quantitative estimate of drug-likeness (QED) is 0.868. The molecule has 0 bridgehead atoms. The molecule has 2 aromatic carbocycles. The Morgan fingerprint density at radius 3 is 2.27 bits per heavy atom. The Kier molecular flexibility index (Phi) is 3.74. The van der Waals surface area contributed by atoms with Gasteiger partial charge in [-0.05, 0) is 48.7 Å². The number of hydrogen-bond acceptors (Lipinski definition) is 2. The second kappa shape index (κ2) is 5.57. The first-order valence-electron chi connectivity index (χ1n) is 7.02. The zero-order chi connectivity index (χ0) is 15.7. The third-order valence-corrected chi connectivity index (χ3v) is 5.52. The molecule has 0 radical (unpaired) electrons. The van der Waals surface area contributed by atoms with E-state index in [2.05, 4.69) is 0 Å². The molecule has 0 N–H and O–H groups in total. The van der Waals surface area contributed by atoms with E-state index >= 15 is 0 Å². The van der Waals surface area contributed by atoms with Crippen molar-refractivity contribution in [1.82, 2.24) is 4.31 Å². The van der Waals surface area contributed by atoms with Crippen molar-refractivity contribution in [3.8, 4) is 0 Å². The minimum atomic E-state index is -3.52. The van der Waals surface area contributed by atoms with E-state index in [1.807, 2.05) is 6.92 Å². The average Bonchev–Trinajstić information content (AvgIpc) is 2.99. The minimum absolute atomic E-state index is 0.287. The van der Waals surface area contributed by atoms with Gasteiger partial charge < -0.3 is 0 Å². The van der Waals surface area contributed by atoms with Gasteiger partial charge in [0.05, 0.1) is 4.90 Å². The number of aryl methyl sites for hydroxylation is 1. The maximum absolute atomic E-state index is 13.0. The second-order valence-electron chi connectivity index (χ2n) is 5.34. The molecular weight excluding hydrogens is 301 g/mol. The second-order valence-corrected chi connectivity index (χ2v) is 7.23. The van der Waals surface area contributed by atoms with Gasteiger partial charge in [-0.1, -0.05) is 29.8 Å². The summed E-state index contributed by atoms with van der Waals surface area (Å²) in [6.45, 7) is 2.32. The monoisotopic (exact) mass is 317 g/mol. The number of benzene rings is 2. The molecule has 0 fully saturated rings. The molecule has 0 atom stereocenters. The summed E-state index contributed by atoms with van der Waals surface area (Å²) in [5.74, 6) is -0.300. The van der Waals surface area contributed by atoms with E-state index in [1.54, 1.807) is 42.6 Å². The zero-order valence-electron chi connectivity index (χ0n) is 12.2. The predicted molar refractivity (Wildman–Crippen MR) is 84.1 cm³/mol. The Labute approximate surface area is 129 Å². The van der Waals surface area contributed by atoms with Crippen LogP contribution in [0, 0.1) is 12.7 Å². The Morgan fingerprint density at radius 2 is 1.64 bits per heavy atom. The van der Waals surface area contributed by atoms with Gasteiger partial charge in [-0.15, -0.1) is 0 Å². The highest BCUT2D eigenvalue weighted by Gasteiger charge is 2.26. The maximum atomic E-state index is 13.0. The fraction of sp³-hybridized carbons (Fsp3) is 0.176. The summed E-state index contributed by atoms with van der Waals surface area (Å²) in [6.07, 6.45) is 2.26. The van der Waals surface area contributed by atoms with Gasteiger partial charge in [0, 0.05) is 12.7 Å². The van der Waals surface area contributed by atoms with Gasteiger partial charge in [-0.25, -0.2) is 12.8 Å². The summed E-state index contributed by atoms with van der Waals surface area (Å²) in [5, 5.41) is 0. The van der Waals surface area contributed by atoms with Crippen LogP contribution in [-0.2, 0) is 10.0 Å². The van der Waals surface area contributed by atoms with E-state index in [-0.39, 0.29) is 10.7 Å². The van der Waals surface area contributed by atoms with Crippen molar-refractivity contribution >= 4 is 15.6 Å². The Morgan fingerprint density at radius 1 is 1.00 bits per heavy atom. The molecule has 2 aromatic rings. The third-order valence-electron chi connectivity index (χ3n) is 3.74. The molecule has 0 aliphatic carbocycles. The van der Waals surface area contributed by atoms with Crippen molar-refractivity contribution in [2.24, 2.45) is 0 Å². The van der Waals surface area contributed by atoms with Gasteiger partial charge in [0.2, 0.25) is 0 Å². The van der Waals surface area contributed by atoms with Crippen molar-refractivity contribution < 1.29 is 12.8 Å². The Hall–Kier alpha value is -2.14. The van der Waals surface area contributed by atoms with Crippen molar-refractivity contribution in [2.45, 2.75) is 18.2 Å². The third kappa shape index (κ3) is 2.76. The molecule has 0 spiro atoms. The van der Waals surface area contributed by atoms with E-state index in [1.165, 1.54) is 16.4 Å². The summed E-state index contributed by atoms with van der Waals surface area (Å²) in [5.41, 5.74) is 2.77. The van der Waals surface area contributed by atoms with Gasteiger partial charge in [0.15, 0.2) is 0 Å². The molecular formula is C17H16FNO2S. The summed E-state index contributed by atoms with van der Waals surface area (Å²) in [7, 11) is -3.52. The van der Waals surface area contributed by atoms with Crippen LogP contribution in [-0.4, -0.2) is 19.3 Å². The molecule has 0 saturated carbocycles. The van der Waals surface area contributed by atoms with Crippen LogP contribution in [0.2, 0.25) is 0 Å². The van der Waals surface area contributed by atoms with Gasteiger partial charge in [-0.2, -0.15) is 0 Å². The van der Waals surface area contributed by atoms with E-state index in [9.17, 15) is 12.8 Å². The van der Waals surface area contributed by atoms with Crippen molar-refractivity contribution in [3.05, 3.63) is 71.7 Å². The fourth-order valence-corrected chi connectivity index (χ4v) is 3.80. The highest BCUT2D eigenvalue weighted by Crippen LogP contribution is 2.29. The number of sulfonamides is 1. The van der Waals surface area contributed by atoms with Crippen molar-refractivity contribution in [1.29, 1.82) is 0 Å². The van der Waals surface area contributed by atoms with Gasteiger partial charge in [-0.3, -0.25) is 4.31 Å². The molecule has 1 heterocycles. The normalized spacial score (nSPS) is 15.0. The van der Waals surface area contributed by atoms with Crippen LogP contribution in [0.25, 0.3) is 5.57 Å². The number of hydrogen-bond donors (Lipinski definition) is 0. The summed E-state index contributed by atoms with van der Waals surface area (Å²) >= 11 is 0. The largest absolute Gasteiger partial charge is 0.273 e. The number of rotatable bonds is 3. The van der Waals surface area contributed by atoms with Crippen LogP contribution in [0.4, 0.5) is 4.39 Å². The zero-order valence-corrected chi connectivity index (χ0v) is 13.0. The lowest BCUT2D eigenvalue weighted by atomic mass is 10.1. The molecule has 0 amide bonds. The molecule has 0 saturated heterocycles. The first-order valence-corrected chi connectivity index (χ1v) is 8.46. The van der Waals surface area contributed by atoms with E-state index in [4.69, 9.17) is 0 Å². The molecule has 3 rings (SSSR count). The van der Waals surface area contributed by atoms with Crippen molar-refractivity contribution in [2.75, 3.05) is 6.54 Å². The number of halogens is 1. The molecule has 5 heteroatoms. The first-order chi connectivity index (χ1) is 10.5. The van der Waals surface area contributed by atoms with Crippen LogP contribution in [0.5, 0.6) is 0 Å². The lowest BCUT2D eigenvalue weighted by Crippen LogP contribution is -2.23. The van der Waals surface area contributed by atoms with Gasteiger partial charge >= 0.3 is 0 Å². The van der Waals surface area contributed by atoms with Crippen LogP contribution in [0.1, 0.15) is 17.5 Å². The highest BCUT2D eigenvalue weighted by atomic mass is 32.2. The molecule has 0 aromatic heterocycles. The standard InChI is InChI=1S/C17H16FNO2S/c1-13-2-8-17(9-3-13)22(20,21)19-11-10-15(12-19)14-4-6-16(18)7-5-14/h2-9,12H,10-11H2,1H3. The number of nitrogens with zero attached hydrogens (tertiary/aromatic N) is 1. The molecule has 0 unspecified atom stereocenters. The molecule has 114 valence electrons. The van der Waals surface area contributed by atoms with Crippen LogP contribution in [0.15, 0.2) is 59.6 Å². The minimum Gasteiger partial charge on any atom is -0.273 e. The molecule has 1 aliphatic heterocycles. The van der Waals surface area contributed by atoms with Gasteiger partial charge in [0.1, 0.15) is 5.82 Å². The van der Waals surface area contributed by atoms with E-state index in [0.29, 0.717) is 13.0 Å². The smallest absolute Gasteiger partial charge is 0.263 e. The van der Waals surface area contributed by atoms with Crippen LogP contribution >= 0.6 is 0 Å². The SMILES string of the molecule is Cc1ccc(S(=O)(=O)N2C=C(c3ccc(F)cc3)CC2)cc1.